The molecule has 5 nitrogen and oxygen atoms in total. The molecule has 1 aromatic rings. The summed E-state index contributed by atoms with van der Waals surface area (Å²) < 4.78 is 0. The summed E-state index contributed by atoms with van der Waals surface area (Å²) in [7, 11) is 0. The van der Waals surface area contributed by atoms with Crippen molar-refractivity contribution >= 4 is 29.8 Å². The molecule has 1 heterocycles. The second-order valence-corrected chi connectivity index (χ2v) is 5.20. The van der Waals surface area contributed by atoms with Gasteiger partial charge in [-0.2, -0.15) is 0 Å². The fourth-order valence-corrected chi connectivity index (χ4v) is 2.10. The highest BCUT2D eigenvalue weighted by Gasteiger charge is 2.27. The van der Waals surface area contributed by atoms with Crippen LogP contribution in [0.15, 0.2) is 18.3 Å². The lowest BCUT2D eigenvalue weighted by molar-refractivity contribution is -0.120. The van der Waals surface area contributed by atoms with Crippen molar-refractivity contribution in [2.75, 3.05) is 23.3 Å². The third-order valence-corrected chi connectivity index (χ3v) is 3.38. The van der Waals surface area contributed by atoms with Crippen LogP contribution in [0.3, 0.4) is 0 Å². The van der Waals surface area contributed by atoms with Crippen LogP contribution >= 0.6 is 12.4 Å². The minimum absolute atomic E-state index is 0. The molecule has 6 heteroatoms. The molecule has 120 valence electrons. The van der Waals surface area contributed by atoms with Gasteiger partial charge < -0.3 is 16.0 Å². The van der Waals surface area contributed by atoms with Crippen molar-refractivity contribution in [2.45, 2.75) is 46.1 Å². The molecule has 0 spiro atoms. The van der Waals surface area contributed by atoms with E-state index < -0.39 is 5.54 Å². The number of hydrogen-bond donors (Lipinski definition) is 2. The van der Waals surface area contributed by atoms with E-state index in [1.54, 1.807) is 13.1 Å². The van der Waals surface area contributed by atoms with E-state index in [9.17, 15) is 4.79 Å². The molecule has 0 radical (unpaired) electrons. The van der Waals surface area contributed by atoms with E-state index in [1.165, 1.54) is 0 Å². The number of hydrogen-bond acceptors (Lipinski definition) is 4. The van der Waals surface area contributed by atoms with Gasteiger partial charge in [-0.25, -0.2) is 4.98 Å². The number of aromatic nitrogens is 1. The van der Waals surface area contributed by atoms with E-state index in [-0.39, 0.29) is 18.3 Å². The molecule has 1 amide bonds. The van der Waals surface area contributed by atoms with Crippen LogP contribution in [-0.4, -0.2) is 29.5 Å². The van der Waals surface area contributed by atoms with Gasteiger partial charge in [0.2, 0.25) is 5.91 Å². The molecule has 0 aliphatic rings. The van der Waals surface area contributed by atoms with E-state index in [1.807, 2.05) is 19.1 Å². The monoisotopic (exact) mass is 314 g/mol. The van der Waals surface area contributed by atoms with Crippen LogP contribution < -0.4 is 16.0 Å². The molecule has 0 aromatic carbocycles. The average Bonchev–Trinajstić information content (AvgIpc) is 2.42. The van der Waals surface area contributed by atoms with Gasteiger partial charge in [0, 0.05) is 13.1 Å². The molecule has 3 N–H and O–H groups in total. The molecule has 0 aliphatic carbocycles. The van der Waals surface area contributed by atoms with Crippen LogP contribution in [-0.2, 0) is 4.79 Å². The predicted octanol–water partition coefficient (Wildman–Crippen LogP) is 2.81. The highest BCUT2D eigenvalue weighted by Crippen LogP contribution is 2.16. The van der Waals surface area contributed by atoms with Gasteiger partial charge in [-0.1, -0.05) is 13.3 Å². The molecule has 0 saturated heterocycles. The minimum atomic E-state index is -0.841. The van der Waals surface area contributed by atoms with E-state index in [0.29, 0.717) is 12.1 Å². The Morgan fingerprint density at radius 3 is 2.38 bits per heavy atom. The number of carbonyl (C=O) groups is 1. The van der Waals surface area contributed by atoms with Gasteiger partial charge >= 0.3 is 0 Å². The molecule has 1 aromatic heterocycles. The Balaban J connectivity index is 0.00000400. The standard InChI is InChI=1S/C15H26N4O.ClH/c1-5-10-15(4,16)14(20)18-12-8-9-13(17-11-12)19(6-2)7-3;/h8-9,11H,5-7,10,16H2,1-4H3,(H,18,20);1H. The second-order valence-electron chi connectivity index (χ2n) is 5.20. The largest absolute Gasteiger partial charge is 0.357 e. The van der Waals surface area contributed by atoms with Crippen molar-refractivity contribution in [2.24, 2.45) is 5.73 Å². The van der Waals surface area contributed by atoms with E-state index in [4.69, 9.17) is 5.73 Å². The molecular formula is C15H27ClN4O. The summed E-state index contributed by atoms with van der Waals surface area (Å²) in [5.41, 5.74) is 5.84. The molecule has 0 aliphatic heterocycles. The smallest absolute Gasteiger partial charge is 0.244 e. The van der Waals surface area contributed by atoms with Crippen LogP contribution in [0.5, 0.6) is 0 Å². The molecule has 1 atom stereocenters. The first-order chi connectivity index (χ1) is 9.44. The second kappa shape index (κ2) is 8.85. The van der Waals surface area contributed by atoms with Crippen molar-refractivity contribution in [1.82, 2.24) is 4.98 Å². The topological polar surface area (TPSA) is 71.2 Å². The summed E-state index contributed by atoms with van der Waals surface area (Å²) in [5, 5.41) is 2.82. The van der Waals surface area contributed by atoms with Gasteiger partial charge in [-0.05, 0) is 39.3 Å². The molecular weight excluding hydrogens is 288 g/mol. The number of nitrogens with one attached hydrogen (secondary N) is 1. The quantitative estimate of drug-likeness (QED) is 0.812. The van der Waals surface area contributed by atoms with Gasteiger partial charge in [0.1, 0.15) is 5.82 Å². The molecule has 0 fully saturated rings. The predicted molar refractivity (Wildman–Crippen MR) is 91.2 cm³/mol. The van der Waals surface area contributed by atoms with Gasteiger partial charge in [0.05, 0.1) is 17.4 Å². The maximum Gasteiger partial charge on any atom is 0.244 e. The number of nitrogens with two attached hydrogens (primary N) is 1. The first-order valence-electron chi connectivity index (χ1n) is 7.25. The number of rotatable bonds is 7. The molecule has 21 heavy (non-hydrogen) atoms. The number of nitrogens with zero attached hydrogens (tertiary/aromatic N) is 2. The highest BCUT2D eigenvalue weighted by molar-refractivity contribution is 5.97. The fraction of sp³-hybridized carbons (Fsp3) is 0.600. The van der Waals surface area contributed by atoms with Crippen LogP contribution in [0, 0.1) is 0 Å². The van der Waals surface area contributed by atoms with E-state index >= 15 is 0 Å². The van der Waals surface area contributed by atoms with Gasteiger partial charge in [0.15, 0.2) is 0 Å². The maximum absolute atomic E-state index is 12.1. The minimum Gasteiger partial charge on any atom is -0.357 e. The Kier molecular flexibility index (Phi) is 8.29. The molecule has 1 unspecified atom stereocenters. The number of pyridine rings is 1. The van der Waals surface area contributed by atoms with Gasteiger partial charge in [-0.3, -0.25) is 4.79 Å². The Morgan fingerprint density at radius 2 is 1.95 bits per heavy atom. The lowest BCUT2D eigenvalue weighted by Gasteiger charge is -2.23. The Hall–Kier alpha value is -1.33. The van der Waals surface area contributed by atoms with Crippen molar-refractivity contribution in [3.05, 3.63) is 18.3 Å². The lowest BCUT2D eigenvalue weighted by Crippen LogP contribution is -2.48. The van der Waals surface area contributed by atoms with Crippen LogP contribution in [0.4, 0.5) is 11.5 Å². The normalized spacial score (nSPS) is 13.0. The lowest BCUT2D eigenvalue weighted by atomic mass is 9.96. The summed E-state index contributed by atoms with van der Waals surface area (Å²) in [6, 6.07) is 3.77. The zero-order valence-corrected chi connectivity index (χ0v) is 14.2. The summed E-state index contributed by atoms with van der Waals surface area (Å²) in [6.45, 7) is 9.76. The van der Waals surface area contributed by atoms with Gasteiger partial charge in [-0.15, -0.1) is 12.4 Å². The van der Waals surface area contributed by atoms with E-state index in [2.05, 4.69) is 29.0 Å². The Bertz CT molecular complexity index is 430. The first kappa shape index (κ1) is 19.7. The highest BCUT2D eigenvalue weighted by atomic mass is 35.5. The first-order valence-corrected chi connectivity index (χ1v) is 7.25. The number of halogens is 1. The van der Waals surface area contributed by atoms with Gasteiger partial charge in [0.25, 0.3) is 0 Å². The van der Waals surface area contributed by atoms with E-state index in [0.717, 1.165) is 25.3 Å². The molecule has 0 saturated carbocycles. The Labute approximate surface area is 133 Å². The summed E-state index contributed by atoms with van der Waals surface area (Å²) >= 11 is 0. The Morgan fingerprint density at radius 1 is 1.33 bits per heavy atom. The zero-order valence-electron chi connectivity index (χ0n) is 13.3. The number of carbonyl (C=O) groups excluding carboxylic acids is 1. The number of amides is 1. The summed E-state index contributed by atoms with van der Waals surface area (Å²) in [4.78, 5) is 18.6. The average molecular weight is 315 g/mol. The van der Waals surface area contributed by atoms with Crippen molar-refractivity contribution in [3.63, 3.8) is 0 Å². The van der Waals surface area contributed by atoms with Crippen molar-refractivity contribution < 1.29 is 4.79 Å². The van der Waals surface area contributed by atoms with Crippen molar-refractivity contribution in [3.8, 4) is 0 Å². The maximum atomic E-state index is 12.1. The zero-order chi connectivity index (χ0) is 15.2. The third kappa shape index (κ3) is 5.52. The summed E-state index contributed by atoms with van der Waals surface area (Å²) in [6.07, 6.45) is 3.21. The molecule has 0 bridgehead atoms. The van der Waals surface area contributed by atoms with Crippen LogP contribution in [0.1, 0.15) is 40.5 Å². The fourth-order valence-electron chi connectivity index (χ4n) is 2.10. The van der Waals surface area contributed by atoms with Crippen LogP contribution in [0.2, 0.25) is 0 Å². The number of anilines is 2. The SMILES string of the molecule is CCCC(C)(N)C(=O)Nc1ccc(N(CC)CC)nc1.Cl. The van der Waals surface area contributed by atoms with Crippen molar-refractivity contribution in [1.29, 1.82) is 0 Å². The summed E-state index contributed by atoms with van der Waals surface area (Å²) in [5.74, 6) is 0.744. The molecule has 1 rings (SSSR count). The van der Waals surface area contributed by atoms with Crippen LogP contribution in [0.25, 0.3) is 0 Å². The third-order valence-electron chi connectivity index (χ3n) is 3.38.